The van der Waals surface area contributed by atoms with Crippen molar-refractivity contribution in [1.29, 1.82) is 0 Å². The van der Waals surface area contributed by atoms with Crippen LogP contribution in [0.5, 0.6) is 5.75 Å². The molecule has 0 aliphatic heterocycles. The molecule has 0 aromatic heterocycles. The Balaban J connectivity index is 1.90. The van der Waals surface area contributed by atoms with Crippen LogP contribution in [-0.2, 0) is 0 Å². The molecule has 0 amide bonds. The van der Waals surface area contributed by atoms with E-state index in [1.165, 1.54) is 12.1 Å². The molecule has 2 rings (SSSR count). The number of nitrogens with one attached hydrogen (secondary N) is 2. The summed E-state index contributed by atoms with van der Waals surface area (Å²) in [6, 6.07) is 14.0. The summed E-state index contributed by atoms with van der Waals surface area (Å²) < 4.78 is 18.5. The maximum atomic E-state index is 12.9. The Hall–Kier alpha value is -2.14. The highest BCUT2D eigenvalue weighted by Gasteiger charge is 2.07. The first-order valence-electron chi connectivity index (χ1n) is 7.54. The van der Waals surface area contributed by atoms with Gasteiger partial charge in [-0.3, -0.25) is 0 Å². The summed E-state index contributed by atoms with van der Waals surface area (Å²) in [5.41, 5.74) is 1.85. The first-order chi connectivity index (χ1) is 10.9. The van der Waals surface area contributed by atoms with Crippen LogP contribution in [-0.4, -0.2) is 11.2 Å². The van der Waals surface area contributed by atoms with Crippen molar-refractivity contribution in [2.24, 2.45) is 0 Å². The quantitative estimate of drug-likeness (QED) is 0.780. The molecular formula is C18H21FN2OS. The van der Waals surface area contributed by atoms with Crippen molar-refractivity contribution < 1.29 is 9.13 Å². The van der Waals surface area contributed by atoms with Crippen LogP contribution in [0, 0.1) is 5.82 Å². The Labute approximate surface area is 141 Å². The van der Waals surface area contributed by atoms with Gasteiger partial charge in [-0.2, -0.15) is 0 Å². The van der Waals surface area contributed by atoms with E-state index in [9.17, 15) is 4.39 Å². The fraction of sp³-hybridized carbons (Fsp3) is 0.278. The normalized spacial score (nSPS) is 11.9. The molecule has 0 saturated carbocycles. The van der Waals surface area contributed by atoms with Crippen LogP contribution >= 0.6 is 12.2 Å². The summed E-state index contributed by atoms with van der Waals surface area (Å²) in [5, 5.41) is 6.82. The van der Waals surface area contributed by atoms with Gasteiger partial charge >= 0.3 is 0 Å². The predicted molar refractivity (Wildman–Crippen MR) is 96.4 cm³/mol. The molecule has 0 bridgehead atoms. The monoisotopic (exact) mass is 332 g/mol. The van der Waals surface area contributed by atoms with Gasteiger partial charge in [-0.05, 0) is 75.0 Å². The van der Waals surface area contributed by atoms with Gasteiger partial charge in [0.25, 0.3) is 0 Å². The molecule has 2 aromatic rings. The molecule has 0 spiro atoms. The Bertz CT molecular complexity index is 641. The zero-order chi connectivity index (χ0) is 16.8. The predicted octanol–water partition coefficient (Wildman–Crippen LogP) is 4.66. The van der Waals surface area contributed by atoms with Crippen molar-refractivity contribution in [1.82, 2.24) is 5.32 Å². The van der Waals surface area contributed by atoms with Crippen LogP contribution in [0.15, 0.2) is 48.5 Å². The molecule has 1 unspecified atom stereocenters. The molecule has 0 radical (unpaired) electrons. The van der Waals surface area contributed by atoms with Crippen LogP contribution in [0.1, 0.15) is 32.4 Å². The topological polar surface area (TPSA) is 33.3 Å². The summed E-state index contributed by atoms with van der Waals surface area (Å²) in [7, 11) is 0. The largest absolute Gasteiger partial charge is 0.491 e. The van der Waals surface area contributed by atoms with E-state index in [2.05, 4.69) is 10.6 Å². The summed E-state index contributed by atoms with van der Waals surface area (Å²) in [4.78, 5) is 0. The van der Waals surface area contributed by atoms with Gasteiger partial charge in [-0.15, -0.1) is 0 Å². The molecule has 0 aliphatic carbocycles. The summed E-state index contributed by atoms with van der Waals surface area (Å²) >= 11 is 5.31. The van der Waals surface area contributed by atoms with E-state index in [0.29, 0.717) is 5.11 Å². The zero-order valence-corrected chi connectivity index (χ0v) is 14.3. The van der Waals surface area contributed by atoms with Crippen LogP contribution in [0.4, 0.5) is 10.1 Å². The molecule has 122 valence electrons. The van der Waals surface area contributed by atoms with Gasteiger partial charge in [0.15, 0.2) is 5.11 Å². The van der Waals surface area contributed by atoms with Gasteiger partial charge in [0, 0.05) is 5.69 Å². The van der Waals surface area contributed by atoms with Gasteiger partial charge in [0.1, 0.15) is 11.6 Å². The van der Waals surface area contributed by atoms with E-state index in [4.69, 9.17) is 17.0 Å². The number of halogens is 1. The maximum absolute atomic E-state index is 12.9. The van der Waals surface area contributed by atoms with Gasteiger partial charge in [0.05, 0.1) is 12.1 Å². The number of hydrogen-bond donors (Lipinski definition) is 2. The van der Waals surface area contributed by atoms with Gasteiger partial charge in [-0.25, -0.2) is 4.39 Å². The Morgan fingerprint density at radius 2 is 1.61 bits per heavy atom. The molecule has 2 N–H and O–H groups in total. The number of thiocarbonyl (C=S) groups is 1. The number of hydrogen-bond acceptors (Lipinski definition) is 2. The Morgan fingerprint density at radius 1 is 1.00 bits per heavy atom. The van der Waals surface area contributed by atoms with E-state index >= 15 is 0 Å². The first-order valence-corrected chi connectivity index (χ1v) is 7.94. The lowest BCUT2D eigenvalue weighted by atomic mass is 10.1. The zero-order valence-electron chi connectivity index (χ0n) is 13.5. The van der Waals surface area contributed by atoms with E-state index in [1.807, 2.05) is 45.0 Å². The van der Waals surface area contributed by atoms with Gasteiger partial charge in [0.2, 0.25) is 0 Å². The second-order valence-electron chi connectivity index (χ2n) is 5.56. The molecule has 2 aromatic carbocycles. The minimum absolute atomic E-state index is 0.0147. The molecular weight excluding hydrogens is 311 g/mol. The van der Waals surface area contributed by atoms with Crippen molar-refractivity contribution in [3.63, 3.8) is 0 Å². The smallest absolute Gasteiger partial charge is 0.171 e. The third-order valence-corrected chi connectivity index (χ3v) is 3.42. The Morgan fingerprint density at radius 3 is 2.17 bits per heavy atom. The lowest BCUT2D eigenvalue weighted by Crippen LogP contribution is -2.30. The summed E-state index contributed by atoms with van der Waals surface area (Å²) in [5.74, 6) is 0.578. The van der Waals surface area contributed by atoms with Crippen molar-refractivity contribution in [3.8, 4) is 5.75 Å². The summed E-state index contributed by atoms with van der Waals surface area (Å²) in [6.45, 7) is 5.95. The van der Waals surface area contributed by atoms with Crippen molar-refractivity contribution in [3.05, 3.63) is 59.9 Å². The van der Waals surface area contributed by atoms with Crippen LogP contribution in [0.3, 0.4) is 0 Å². The minimum atomic E-state index is -0.245. The molecule has 0 fully saturated rings. The van der Waals surface area contributed by atoms with E-state index in [1.54, 1.807) is 12.1 Å². The van der Waals surface area contributed by atoms with Crippen molar-refractivity contribution in [2.75, 3.05) is 5.32 Å². The number of benzene rings is 2. The highest BCUT2D eigenvalue weighted by atomic mass is 32.1. The first kappa shape index (κ1) is 17.2. The highest BCUT2D eigenvalue weighted by Crippen LogP contribution is 2.17. The van der Waals surface area contributed by atoms with E-state index in [-0.39, 0.29) is 18.0 Å². The van der Waals surface area contributed by atoms with Crippen LogP contribution < -0.4 is 15.4 Å². The SMILES string of the molecule is CC(C)Oc1ccc(NC(=S)NC(C)c2ccc(F)cc2)cc1. The molecule has 0 aliphatic rings. The lowest BCUT2D eigenvalue weighted by molar-refractivity contribution is 0.242. The van der Waals surface area contributed by atoms with E-state index < -0.39 is 0 Å². The molecule has 3 nitrogen and oxygen atoms in total. The maximum Gasteiger partial charge on any atom is 0.171 e. The second-order valence-corrected chi connectivity index (χ2v) is 5.97. The number of ether oxygens (including phenoxy) is 1. The molecule has 23 heavy (non-hydrogen) atoms. The van der Waals surface area contributed by atoms with Crippen molar-refractivity contribution >= 4 is 23.0 Å². The lowest BCUT2D eigenvalue weighted by Gasteiger charge is -2.17. The van der Waals surface area contributed by atoms with E-state index in [0.717, 1.165) is 17.0 Å². The standard InChI is InChI=1S/C18H21FN2OS/c1-12(2)22-17-10-8-16(9-11-17)21-18(23)20-13(3)14-4-6-15(19)7-5-14/h4-13H,1-3H3,(H2,20,21,23). The fourth-order valence-electron chi connectivity index (χ4n) is 2.09. The molecule has 0 heterocycles. The highest BCUT2D eigenvalue weighted by molar-refractivity contribution is 7.80. The second kappa shape index (κ2) is 7.92. The van der Waals surface area contributed by atoms with Gasteiger partial charge < -0.3 is 15.4 Å². The van der Waals surface area contributed by atoms with Crippen LogP contribution in [0.25, 0.3) is 0 Å². The fourth-order valence-corrected chi connectivity index (χ4v) is 2.38. The molecule has 0 saturated heterocycles. The van der Waals surface area contributed by atoms with Crippen LogP contribution in [0.2, 0.25) is 0 Å². The number of anilines is 1. The average molecular weight is 332 g/mol. The minimum Gasteiger partial charge on any atom is -0.491 e. The Kier molecular flexibility index (Phi) is 5.93. The van der Waals surface area contributed by atoms with Gasteiger partial charge in [-0.1, -0.05) is 12.1 Å². The third kappa shape index (κ3) is 5.53. The molecule has 5 heteroatoms. The third-order valence-electron chi connectivity index (χ3n) is 3.20. The van der Waals surface area contributed by atoms with Crippen molar-refractivity contribution in [2.45, 2.75) is 32.9 Å². The molecule has 1 atom stereocenters. The summed E-state index contributed by atoms with van der Waals surface area (Å²) in [6.07, 6.45) is 0.146. The number of rotatable bonds is 5. The average Bonchev–Trinajstić information content (AvgIpc) is 2.49.